The van der Waals surface area contributed by atoms with E-state index in [4.69, 9.17) is 34.8 Å². The Morgan fingerprint density at radius 1 is 1.19 bits per heavy atom. The second-order valence-corrected chi connectivity index (χ2v) is 7.47. The van der Waals surface area contributed by atoms with E-state index in [0.717, 1.165) is 5.56 Å². The Morgan fingerprint density at radius 2 is 2.00 bits per heavy atom. The Balaban J connectivity index is 1.72. The quantitative estimate of drug-likeness (QED) is 0.427. The molecule has 0 fully saturated rings. The lowest BCUT2D eigenvalue weighted by molar-refractivity contribution is -0.113. The van der Waals surface area contributed by atoms with Crippen LogP contribution in [0.1, 0.15) is 6.92 Å². The SMILES string of the molecule is CCn1c(SCC(=O)Nc2cccnc2Cl)nnc1-c1ccc(Cl)c(Cl)c1. The third-order valence-corrected chi connectivity index (χ3v) is 5.58. The minimum absolute atomic E-state index is 0.157. The van der Waals surface area contributed by atoms with E-state index in [0.29, 0.717) is 33.3 Å². The summed E-state index contributed by atoms with van der Waals surface area (Å²) < 4.78 is 1.91. The summed E-state index contributed by atoms with van der Waals surface area (Å²) in [5.41, 5.74) is 1.27. The zero-order valence-electron chi connectivity index (χ0n) is 14.1. The van der Waals surface area contributed by atoms with E-state index in [1.165, 1.54) is 11.8 Å². The van der Waals surface area contributed by atoms with Crippen molar-refractivity contribution in [3.05, 3.63) is 51.7 Å². The average Bonchev–Trinajstić information content (AvgIpc) is 3.07. The summed E-state index contributed by atoms with van der Waals surface area (Å²) >= 11 is 19.3. The summed E-state index contributed by atoms with van der Waals surface area (Å²) in [5.74, 6) is 0.607. The van der Waals surface area contributed by atoms with Crippen LogP contribution < -0.4 is 5.32 Å². The second-order valence-electron chi connectivity index (χ2n) is 5.36. The van der Waals surface area contributed by atoms with Crippen molar-refractivity contribution in [3.8, 4) is 11.4 Å². The molecule has 0 aliphatic rings. The first-order chi connectivity index (χ1) is 13.0. The third kappa shape index (κ3) is 4.73. The third-order valence-electron chi connectivity index (χ3n) is 3.58. The van der Waals surface area contributed by atoms with Gasteiger partial charge in [0, 0.05) is 18.3 Å². The summed E-state index contributed by atoms with van der Waals surface area (Å²) in [7, 11) is 0. The van der Waals surface area contributed by atoms with Crippen LogP contribution in [0.4, 0.5) is 5.69 Å². The molecular formula is C17H14Cl3N5OS. The molecule has 6 nitrogen and oxygen atoms in total. The average molecular weight is 443 g/mol. The van der Waals surface area contributed by atoms with E-state index in [-0.39, 0.29) is 16.8 Å². The molecule has 2 heterocycles. The molecule has 1 aromatic carbocycles. The van der Waals surface area contributed by atoms with E-state index >= 15 is 0 Å². The van der Waals surface area contributed by atoms with Crippen LogP contribution in [0, 0.1) is 0 Å². The van der Waals surface area contributed by atoms with Crippen LogP contribution in [0.5, 0.6) is 0 Å². The van der Waals surface area contributed by atoms with Crippen molar-refractivity contribution in [1.29, 1.82) is 0 Å². The van der Waals surface area contributed by atoms with Gasteiger partial charge in [-0.25, -0.2) is 4.98 Å². The van der Waals surface area contributed by atoms with Gasteiger partial charge in [-0.2, -0.15) is 0 Å². The maximum absolute atomic E-state index is 12.2. The van der Waals surface area contributed by atoms with E-state index in [1.54, 1.807) is 30.5 Å². The van der Waals surface area contributed by atoms with Crippen LogP contribution in [0.3, 0.4) is 0 Å². The van der Waals surface area contributed by atoms with Crippen molar-refractivity contribution in [2.24, 2.45) is 0 Å². The number of pyridine rings is 1. The van der Waals surface area contributed by atoms with Gasteiger partial charge in [0.15, 0.2) is 16.1 Å². The summed E-state index contributed by atoms with van der Waals surface area (Å²) in [6.07, 6.45) is 1.56. The molecule has 0 unspecified atom stereocenters. The number of aromatic nitrogens is 4. The molecule has 140 valence electrons. The van der Waals surface area contributed by atoms with Crippen molar-refractivity contribution >= 4 is 58.2 Å². The molecule has 0 aliphatic carbocycles. The molecule has 0 atom stereocenters. The Kier molecular flexibility index (Phi) is 6.59. The number of rotatable bonds is 6. The van der Waals surface area contributed by atoms with Crippen molar-refractivity contribution in [2.45, 2.75) is 18.6 Å². The lowest BCUT2D eigenvalue weighted by Crippen LogP contribution is -2.15. The number of nitrogens with one attached hydrogen (secondary N) is 1. The monoisotopic (exact) mass is 441 g/mol. The number of anilines is 1. The molecule has 2 aromatic heterocycles. The van der Waals surface area contributed by atoms with Gasteiger partial charge in [0.05, 0.1) is 21.5 Å². The van der Waals surface area contributed by atoms with Gasteiger partial charge in [0.1, 0.15) is 0 Å². The molecule has 0 saturated carbocycles. The topological polar surface area (TPSA) is 72.7 Å². The van der Waals surface area contributed by atoms with Crippen molar-refractivity contribution in [2.75, 3.05) is 11.1 Å². The van der Waals surface area contributed by atoms with Crippen LogP contribution in [0.15, 0.2) is 41.7 Å². The molecule has 0 saturated heterocycles. The van der Waals surface area contributed by atoms with Gasteiger partial charge in [0.2, 0.25) is 5.91 Å². The number of thioether (sulfide) groups is 1. The van der Waals surface area contributed by atoms with Gasteiger partial charge in [-0.1, -0.05) is 46.6 Å². The Morgan fingerprint density at radius 3 is 2.70 bits per heavy atom. The van der Waals surface area contributed by atoms with Crippen molar-refractivity contribution < 1.29 is 4.79 Å². The number of hydrogen-bond donors (Lipinski definition) is 1. The molecule has 0 spiro atoms. The lowest BCUT2D eigenvalue weighted by atomic mass is 10.2. The molecule has 0 aliphatic heterocycles. The fraction of sp³-hybridized carbons (Fsp3) is 0.176. The highest BCUT2D eigenvalue weighted by Crippen LogP contribution is 2.29. The first kappa shape index (κ1) is 19.9. The summed E-state index contributed by atoms with van der Waals surface area (Å²) in [5, 5.41) is 12.9. The number of carbonyl (C=O) groups excluding carboxylic acids is 1. The van der Waals surface area contributed by atoms with Gasteiger partial charge >= 0.3 is 0 Å². The number of amides is 1. The van der Waals surface area contributed by atoms with Gasteiger partial charge in [-0.15, -0.1) is 10.2 Å². The van der Waals surface area contributed by atoms with Gasteiger partial charge in [0.25, 0.3) is 0 Å². The van der Waals surface area contributed by atoms with Crippen LogP contribution >= 0.6 is 46.6 Å². The highest BCUT2D eigenvalue weighted by atomic mass is 35.5. The van der Waals surface area contributed by atoms with E-state index < -0.39 is 0 Å². The van der Waals surface area contributed by atoms with E-state index in [9.17, 15) is 4.79 Å². The highest BCUT2D eigenvalue weighted by molar-refractivity contribution is 7.99. The highest BCUT2D eigenvalue weighted by Gasteiger charge is 2.16. The maximum Gasteiger partial charge on any atom is 0.234 e. The second kappa shape index (κ2) is 8.93. The molecule has 10 heteroatoms. The summed E-state index contributed by atoms with van der Waals surface area (Å²) in [6, 6.07) is 8.67. The zero-order chi connectivity index (χ0) is 19.4. The predicted octanol–water partition coefficient (Wildman–Crippen LogP) is 5.05. The Hall–Kier alpha value is -1.80. The lowest BCUT2D eigenvalue weighted by Gasteiger charge is -2.09. The fourth-order valence-electron chi connectivity index (χ4n) is 2.32. The summed E-state index contributed by atoms with van der Waals surface area (Å²) in [6.45, 7) is 2.62. The molecular weight excluding hydrogens is 429 g/mol. The molecule has 1 N–H and O–H groups in total. The smallest absolute Gasteiger partial charge is 0.234 e. The number of nitrogens with zero attached hydrogens (tertiary/aromatic N) is 4. The van der Waals surface area contributed by atoms with E-state index in [2.05, 4.69) is 20.5 Å². The number of hydrogen-bond acceptors (Lipinski definition) is 5. The number of benzene rings is 1. The van der Waals surface area contributed by atoms with Gasteiger partial charge in [-0.05, 0) is 37.3 Å². The van der Waals surface area contributed by atoms with Crippen LogP contribution in [-0.4, -0.2) is 31.4 Å². The van der Waals surface area contributed by atoms with Crippen molar-refractivity contribution in [3.63, 3.8) is 0 Å². The largest absolute Gasteiger partial charge is 0.323 e. The predicted molar refractivity (Wildman–Crippen MR) is 110 cm³/mol. The minimum Gasteiger partial charge on any atom is -0.323 e. The zero-order valence-corrected chi connectivity index (χ0v) is 17.2. The fourth-order valence-corrected chi connectivity index (χ4v) is 3.59. The molecule has 3 aromatic rings. The first-order valence-corrected chi connectivity index (χ1v) is 10.0. The van der Waals surface area contributed by atoms with Crippen LogP contribution in [0.25, 0.3) is 11.4 Å². The molecule has 0 radical (unpaired) electrons. The first-order valence-electron chi connectivity index (χ1n) is 7.91. The Labute approximate surface area is 175 Å². The molecule has 0 bridgehead atoms. The standard InChI is InChI=1S/C17H14Cl3N5OS/c1-2-25-16(10-5-6-11(18)12(19)8-10)23-24-17(25)27-9-14(26)22-13-4-3-7-21-15(13)20/h3-8H,2,9H2,1H3,(H,22,26). The molecule has 3 rings (SSSR count). The summed E-state index contributed by atoms with van der Waals surface area (Å²) in [4.78, 5) is 16.1. The van der Waals surface area contributed by atoms with Gasteiger partial charge in [-0.3, -0.25) is 4.79 Å². The van der Waals surface area contributed by atoms with Crippen molar-refractivity contribution in [1.82, 2.24) is 19.7 Å². The van der Waals surface area contributed by atoms with Crippen LogP contribution in [-0.2, 0) is 11.3 Å². The van der Waals surface area contributed by atoms with E-state index in [1.807, 2.05) is 17.6 Å². The minimum atomic E-state index is -0.211. The van der Waals surface area contributed by atoms with Crippen LogP contribution in [0.2, 0.25) is 15.2 Å². The Bertz CT molecular complexity index is 979. The number of carbonyl (C=O) groups is 1. The normalized spacial score (nSPS) is 10.8. The van der Waals surface area contributed by atoms with Gasteiger partial charge < -0.3 is 9.88 Å². The molecule has 1 amide bonds. The maximum atomic E-state index is 12.2. The number of halogens is 3. The molecule has 27 heavy (non-hydrogen) atoms.